The van der Waals surface area contributed by atoms with Gasteiger partial charge in [-0.15, -0.1) is 0 Å². The van der Waals surface area contributed by atoms with Crippen molar-refractivity contribution in [1.29, 1.82) is 0 Å². The summed E-state index contributed by atoms with van der Waals surface area (Å²) in [6.07, 6.45) is 6.14. The van der Waals surface area contributed by atoms with Crippen molar-refractivity contribution >= 4 is 11.2 Å². The van der Waals surface area contributed by atoms with Crippen LogP contribution >= 0.6 is 0 Å². The second-order valence-electron chi connectivity index (χ2n) is 4.96. The fraction of sp³-hybridized carbons (Fsp3) is 0.500. The topological polar surface area (TPSA) is 67.6 Å². The molecule has 0 amide bonds. The molecule has 0 bridgehead atoms. The second-order valence-corrected chi connectivity index (χ2v) is 4.96. The van der Waals surface area contributed by atoms with E-state index in [4.69, 9.17) is 5.73 Å². The predicted molar refractivity (Wildman–Crippen MR) is 63.1 cm³/mol. The van der Waals surface area contributed by atoms with Crippen LogP contribution in [0.2, 0.25) is 0 Å². The van der Waals surface area contributed by atoms with Crippen molar-refractivity contribution in [2.45, 2.75) is 38.1 Å². The summed E-state index contributed by atoms with van der Waals surface area (Å²) >= 11 is 0. The largest absolute Gasteiger partial charge is 0.341 e. The minimum Gasteiger partial charge on any atom is -0.341 e. The smallest absolute Gasteiger partial charge is 0.177 e. The Bertz CT molecular complexity index is 525. The summed E-state index contributed by atoms with van der Waals surface area (Å²) in [5.41, 5.74) is 9.14. The number of aromatic nitrogens is 3. The number of imidazole rings is 1. The summed E-state index contributed by atoms with van der Waals surface area (Å²) in [6, 6.07) is 2.07. The van der Waals surface area contributed by atoms with Gasteiger partial charge in [-0.1, -0.05) is 0 Å². The average Bonchev–Trinajstić information content (AvgIpc) is 2.56. The highest BCUT2D eigenvalue weighted by atomic mass is 15.0. The first kappa shape index (κ1) is 9.78. The van der Waals surface area contributed by atoms with E-state index in [1.807, 2.05) is 13.1 Å². The van der Waals surface area contributed by atoms with Crippen molar-refractivity contribution in [3.63, 3.8) is 0 Å². The molecule has 0 atom stereocenters. The molecule has 1 saturated carbocycles. The van der Waals surface area contributed by atoms with Gasteiger partial charge < -0.3 is 10.7 Å². The summed E-state index contributed by atoms with van der Waals surface area (Å²) in [5, 5.41) is 0. The van der Waals surface area contributed by atoms with Gasteiger partial charge in [0.2, 0.25) is 0 Å². The van der Waals surface area contributed by atoms with Crippen LogP contribution in [0.25, 0.3) is 11.2 Å². The maximum absolute atomic E-state index is 6.21. The number of hydrogen-bond acceptors (Lipinski definition) is 3. The first-order valence-electron chi connectivity index (χ1n) is 5.75. The summed E-state index contributed by atoms with van der Waals surface area (Å²) < 4.78 is 0. The number of nitrogens with one attached hydrogen (secondary N) is 1. The third-order valence-electron chi connectivity index (χ3n) is 3.39. The molecule has 16 heavy (non-hydrogen) atoms. The zero-order valence-electron chi connectivity index (χ0n) is 9.45. The molecule has 4 heteroatoms. The Labute approximate surface area is 94.3 Å². The second kappa shape index (κ2) is 3.28. The number of pyridine rings is 1. The van der Waals surface area contributed by atoms with E-state index in [9.17, 15) is 0 Å². The molecule has 3 rings (SSSR count). The quantitative estimate of drug-likeness (QED) is 0.802. The predicted octanol–water partition coefficient (Wildman–Crippen LogP) is 1.69. The lowest BCUT2D eigenvalue weighted by Gasteiger charge is -2.37. The van der Waals surface area contributed by atoms with Gasteiger partial charge in [-0.2, -0.15) is 0 Å². The number of nitrogens with zero attached hydrogens (tertiary/aromatic N) is 2. The van der Waals surface area contributed by atoms with Crippen molar-refractivity contribution in [2.75, 3.05) is 0 Å². The maximum Gasteiger partial charge on any atom is 0.177 e. The number of rotatable bonds is 2. The molecular formula is C12H16N4. The van der Waals surface area contributed by atoms with E-state index < -0.39 is 0 Å². The summed E-state index contributed by atoms with van der Waals surface area (Å²) in [7, 11) is 0. The van der Waals surface area contributed by atoms with E-state index >= 15 is 0 Å². The maximum atomic E-state index is 6.21. The van der Waals surface area contributed by atoms with Crippen LogP contribution in [0, 0.1) is 6.92 Å². The van der Waals surface area contributed by atoms with E-state index in [-0.39, 0.29) is 5.54 Å². The van der Waals surface area contributed by atoms with Crippen LogP contribution in [-0.4, -0.2) is 20.5 Å². The molecule has 0 aliphatic heterocycles. The van der Waals surface area contributed by atoms with Gasteiger partial charge in [0.1, 0.15) is 5.82 Å². The molecule has 2 aromatic heterocycles. The first-order valence-corrected chi connectivity index (χ1v) is 5.75. The fourth-order valence-corrected chi connectivity index (χ4v) is 2.28. The summed E-state index contributed by atoms with van der Waals surface area (Å²) in [4.78, 5) is 12.1. The van der Waals surface area contributed by atoms with Crippen LogP contribution in [0.3, 0.4) is 0 Å². The molecule has 0 spiro atoms. The van der Waals surface area contributed by atoms with Gasteiger partial charge in [0, 0.05) is 18.2 Å². The van der Waals surface area contributed by atoms with Crippen LogP contribution < -0.4 is 5.73 Å². The fourth-order valence-electron chi connectivity index (χ4n) is 2.28. The van der Waals surface area contributed by atoms with Gasteiger partial charge in [-0.05, 0) is 37.8 Å². The molecule has 0 radical (unpaired) electrons. The lowest BCUT2D eigenvalue weighted by Crippen LogP contribution is -2.48. The standard InChI is InChI=1S/C12H16N4/c1-8-5-9-11(14-7-8)16-10(15-9)6-12(13)3-2-4-12/h5,7H,2-4,6,13H2,1H3,(H,14,15,16). The zero-order valence-corrected chi connectivity index (χ0v) is 9.45. The lowest BCUT2D eigenvalue weighted by molar-refractivity contribution is 0.244. The molecule has 1 fully saturated rings. The molecule has 2 aromatic rings. The van der Waals surface area contributed by atoms with E-state index in [0.29, 0.717) is 0 Å². The van der Waals surface area contributed by atoms with Crippen molar-refractivity contribution in [1.82, 2.24) is 15.0 Å². The van der Waals surface area contributed by atoms with Crippen LogP contribution in [0.4, 0.5) is 0 Å². The molecule has 84 valence electrons. The van der Waals surface area contributed by atoms with Gasteiger partial charge >= 0.3 is 0 Å². The molecule has 1 aliphatic rings. The Morgan fingerprint density at radius 3 is 3.00 bits per heavy atom. The Hall–Kier alpha value is -1.42. The van der Waals surface area contributed by atoms with Gasteiger partial charge in [-0.25, -0.2) is 9.97 Å². The van der Waals surface area contributed by atoms with E-state index in [1.54, 1.807) is 0 Å². The highest BCUT2D eigenvalue weighted by Gasteiger charge is 2.33. The number of fused-ring (bicyclic) bond motifs is 1. The Kier molecular flexibility index (Phi) is 2.01. The number of aromatic amines is 1. The number of hydrogen-bond donors (Lipinski definition) is 2. The number of H-pyrrole nitrogens is 1. The van der Waals surface area contributed by atoms with Gasteiger partial charge in [0.25, 0.3) is 0 Å². The summed E-state index contributed by atoms with van der Waals surface area (Å²) in [6.45, 7) is 2.03. The van der Waals surface area contributed by atoms with Crippen LogP contribution in [-0.2, 0) is 6.42 Å². The average molecular weight is 216 g/mol. The molecule has 0 aromatic carbocycles. The highest BCUT2D eigenvalue weighted by Crippen LogP contribution is 2.31. The van der Waals surface area contributed by atoms with E-state index in [1.165, 1.54) is 6.42 Å². The van der Waals surface area contributed by atoms with Gasteiger partial charge in [0.05, 0.1) is 5.52 Å². The molecule has 4 nitrogen and oxygen atoms in total. The zero-order chi connectivity index (χ0) is 11.2. The number of nitrogens with two attached hydrogens (primary N) is 1. The van der Waals surface area contributed by atoms with Crippen LogP contribution in [0.5, 0.6) is 0 Å². The Balaban J connectivity index is 1.93. The normalized spacial score (nSPS) is 18.6. The Morgan fingerprint density at radius 2 is 2.31 bits per heavy atom. The minimum absolute atomic E-state index is 0.0249. The Morgan fingerprint density at radius 1 is 1.50 bits per heavy atom. The van der Waals surface area contributed by atoms with Gasteiger partial charge in [-0.3, -0.25) is 0 Å². The van der Waals surface area contributed by atoms with Crippen molar-refractivity contribution in [2.24, 2.45) is 5.73 Å². The number of aryl methyl sites for hydroxylation is 1. The monoisotopic (exact) mass is 216 g/mol. The highest BCUT2D eigenvalue weighted by molar-refractivity contribution is 5.70. The van der Waals surface area contributed by atoms with Crippen LogP contribution in [0.15, 0.2) is 12.3 Å². The lowest BCUT2D eigenvalue weighted by atomic mass is 9.75. The van der Waals surface area contributed by atoms with E-state index in [0.717, 1.165) is 41.8 Å². The molecule has 3 N–H and O–H groups in total. The van der Waals surface area contributed by atoms with Crippen LogP contribution in [0.1, 0.15) is 30.7 Å². The molecule has 1 aliphatic carbocycles. The third kappa shape index (κ3) is 1.59. The molecular weight excluding hydrogens is 200 g/mol. The SMILES string of the molecule is Cc1cnc2nc(CC3(N)CCC3)[nH]c2c1. The molecule has 0 unspecified atom stereocenters. The van der Waals surface area contributed by atoms with E-state index in [2.05, 4.69) is 21.0 Å². The molecule has 2 heterocycles. The molecule has 0 saturated heterocycles. The van der Waals surface area contributed by atoms with Gasteiger partial charge in [0.15, 0.2) is 5.65 Å². The van der Waals surface area contributed by atoms with Crippen molar-refractivity contribution < 1.29 is 0 Å². The van der Waals surface area contributed by atoms with Crippen molar-refractivity contribution in [3.05, 3.63) is 23.7 Å². The first-order chi connectivity index (χ1) is 7.65. The van der Waals surface area contributed by atoms with Crippen molar-refractivity contribution in [3.8, 4) is 0 Å². The summed E-state index contributed by atoms with van der Waals surface area (Å²) in [5.74, 6) is 0.968. The third-order valence-corrected chi connectivity index (χ3v) is 3.39. The minimum atomic E-state index is -0.0249.